The zero-order valence-corrected chi connectivity index (χ0v) is 9.18. The van der Waals surface area contributed by atoms with Crippen LogP contribution >= 0.6 is 0 Å². The Kier molecular flexibility index (Phi) is 3.35. The molecule has 0 saturated heterocycles. The van der Waals surface area contributed by atoms with Crippen LogP contribution in [-0.4, -0.2) is 13.7 Å². The normalized spacial score (nSPS) is 20.6. The standard InChI is InChI=1S/C9H19NO2S/c1-7(2)3-6-9(8-4-5-8)13(10,11)12/h7-9H,3-6H2,1-2H3,(H2,10,11,12). The molecule has 1 unspecified atom stereocenters. The molecule has 0 bridgehead atoms. The monoisotopic (exact) mass is 205 g/mol. The lowest BCUT2D eigenvalue weighted by molar-refractivity contribution is 0.501. The van der Waals surface area contributed by atoms with Crippen LogP contribution in [0.4, 0.5) is 0 Å². The highest BCUT2D eigenvalue weighted by atomic mass is 32.2. The average Bonchev–Trinajstić information content (AvgIpc) is 2.67. The number of sulfonamides is 1. The largest absolute Gasteiger partial charge is 0.228 e. The molecule has 0 heterocycles. The van der Waals surface area contributed by atoms with Gasteiger partial charge in [0.25, 0.3) is 0 Å². The molecule has 3 nitrogen and oxygen atoms in total. The molecular weight excluding hydrogens is 186 g/mol. The maximum absolute atomic E-state index is 11.2. The van der Waals surface area contributed by atoms with Gasteiger partial charge in [-0.25, -0.2) is 13.6 Å². The van der Waals surface area contributed by atoms with Crippen LogP contribution in [-0.2, 0) is 10.0 Å². The van der Waals surface area contributed by atoms with Crippen molar-refractivity contribution < 1.29 is 8.42 Å². The minimum atomic E-state index is -3.30. The van der Waals surface area contributed by atoms with E-state index in [1.165, 1.54) is 0 Å². The molecule has 2 N–H and O–H groups in total. The van der Waals surface area contributed by atoms with E-state index in [1.54, 1.807) is 0 Å². The Hall–Kier alpha value is -0.0900. The predicted octanol–water partition coefficient (Wildman–Crippen LogP) is 1.49. The smallest absolute Gasteiger partial charge is 0.212 e. The van der Waals surface area contributed by atoms with E-state index in [-0.39, 0.29) is 5.25 Å². The molecule has 1 saturated carbocycles. The highest BCUT2D eigenvalue weighted by Gasteiger charge is 2.37. The lowest BCUT2D eigenvalue weighted by Gasteiger charge is -2.14. The Bertz CT molecular complexity index is 255. The lowest BCUT2D eigenvalue weighted by Crippen LogP contribution is -2.30. The lowest BCUT2D eigenvalue weighted by atomic mass is 10.0. The van der Waals surface area contributed by atoms with E-state index >= 15 is 0 Å². The summed E-state index contributed by atoms with van der Waals surface area (Å²) >= 11 is 0. The van der Waals surface area contributed by atoms with Crippen molar-refractivity contribution in [2.24, 2.45) is 17.0 Å². The summed E-state index contributed by atoms with van der Waals surface area (Å²) in [6, 6.07) is 0. The number of rotatable bonds is 5. The summed E-state index contributed by atoms with van der Waals surface area (Å²) < 4.78 is 22.4. The van der Waals surface area contributed by atoms with E-state index in [2.05, 4.69) is 13.8 Å². The van der Waals surface area contributed by atoms with Gasteiger partial charge in [0.2, 0.25) is 10.0 Å². The second-order valence-electron chi connectivity index (χ2n) is 4.44. The third-order valence-corrected chi connectivity index (χ3v) is 4.06. The highest BCUT2D eigenvalue weighted by Crippen LogP contribution is 2.37. The molecule has 1 atom stereocenters. The average molecular weight is 205 g/mol. The van der Waals surface area contributed by atoms with Gasteiger partial charge in [0, 0.05) is 0 Å². The van der Waals surface area contributed by atoms with E-state index in [9.17, 15) is 8.42 Å². The van der Waals surface area contributed by atoms with Crippen LogP contribution in [0.15, 0.2) is 0 Å². The second kappa shape index (κ2) is 3.96. The number of hydrogen-bond donors (Lipinski definition) is 1. The van der Waals surface area contributed by atoms with Crippen molar-refractivity contribution in [3.63, 3.8) is 0 Å². The number of nitrogens with two attached hydrogens (primary N) is 1. The van der Waals surface area contributed by atoms with Gasteiger partial charge in [0.05, 0.1) is 5.25 Å². The fraction of sp³-hybridized carbons (Fsp3) is 1.00. The first-order valence-electron chi connectivity index (χ1n) is 4.93. The molecule has 13 heavy (non-hydrogen) atoms. The number of hydrogen-bond acceptors (Lipinski definition) is 2. The Labute approximate surface area is 80.8 Å². The summed E-state index contributed by atoms with van der Waals surface area (Å²) in [7, 11) is -3.30. The van der Waals surface area contributed by atoms with E-state index in [1.807, 2.05) is 0 Å². The predicted molar refractivity (Wildman–Crippen MR) is 53.7 cm³/mol. The quantitative estimate of drug-likeness (QED) is 0.739. The van der Waals surface area contributed by atoms with E-state index in [0.29, 0.717) is 11.8 Å². The van der Waals surface area contributed by atoms with Gasteiger partial charge < -0.3 is 0 Å². The van der Waals surface area contributed by atoms with Crippen LogP contribution in [0.5, 0.6) is 0 Å². The fourth-order valence-electron chi connectivity index (χ4n) is 1.63. The molecule has 1 rings (SSSR count). The molecule has 0 aromatic heterocycles. The third kappa shape index (κ3) is 3.65. The first-order valence-corrected chi connectivity index (χ1v) is 6.54. The van der Waals surface area contributed by atoms with Gasteiger partial charge in [-0.2, -0.15) is 0 Å². The maximum Gasteiger partial charge on any atom is 0.212 e. The summed E-state index contributed by atoms with van der Waals surface area (Å²) in [5.74, 6) is 0.914. The first kappa shape index (κ1) is 11.0. The van der Waals surface area contributed by atoms with Gasteiger partial charge in [0.1, 0.15) is 0 Å². The van der Waals surface area contributed by atoms with Crippen LogP contribution in [0.3, 0.4) is 0 Å². The minimum absolute atomic E-state index is 0.269. The van der Waals surface area contributed by atoms with Gasteiger partial charge in [-0.05, 0) is 37.5 Å². The molecule has 4 heteroatoms. The Morgan fingerprint density at radius 2 is 1.85 bits per heavy atom. The minimum Gasteiger partial charge on any atom is -0.228 e. The van der Waals surface area contributed by atoms with Crippen LogP contribution in [0, 0.1) is 11.8 Å². The summed E-state index contributed by atoms with van der Waals surface area (Å²) in [4.78, 5) is 0. The zero-order chi connectivity index (χ0) is 10.1. The van der Waals surface area contributed by atoms with Crippen molar-refractivity contribution in [1.82, 2.24) is 0 Å². The molecule has 0 aliphatic heterocycles. The topological polar surface area (TPSA) is 60.2 Å². The highest BCUT2D eigenvalue weighted by molar-refractivity contribution is 7.89. The summed E-state index contributed by atoms with van der Waals surface area (Å²) in [6.45, 7) is 4.21. The molecule has 0 spiro atoms. The molecular formula is C9H19NO2S. The van der Waals surface area contributed by atoms with Crippen LogP contribution < -0.4 is 5.14 Å². The van der Waals surface area contributed by atoms with Gasteiger partial charge in [-0.1, -0.05) is 13.8 Å². The molecule has 0 amide bonds. The second-order valence-corrected chi connectivity index (χ2v) is 6.22. The Morgan fingerprint density at radius 3 is 2.15 bits per heavy atom. The van der Waals surface area contributed by atoms with Gasteiger partial charge in [0.15, 0.2) is 0 Å². The SMILES string of the molecule is CC(C)CCC(C1CC1)S(N)(=O)=O. The summed E-state index contributed by atoms with van der Waals surface area (Å²) in [6.07, 6.45) is 3.77. The van der Waals surface area contributed by atoms with Crippen molar-refractivity contribution in [3.05, 3.63) is 0 Å². The molecule has 0 aromatic carbocycles. The van der Waals surface area contributed by atoms with Crippen molar-refractivity contribution in [2.75, 3.05) is 0 Å². The number of primary sulfonamides is 1. The fourth-order valence-corrected chi connectivity index (χ4v) is 2.91. The van der Waals surface area contributed by atoms with E-state index in [4.69, 9.17) is 5.14 Å². The van der Waals surface area contributed by atoms with Crippen molar-refractivity contribution in [1.29, 1.82) is 0 Å². The molecule has 78 valence electrons. The van der Waals surface area contributed by atoms with Gasteiger partial charge in [-0.3, -0.25) is 0 Å². The van der Waals surface area contributed by atoms with Gasteiger partial charge >= 0.3 is 0 Å². The van der Waals surface area contributed by atoms with Crippen molar-refractivity contribution in [2.45, 2.75) is 44.8 Å². The molecule has 0 radical (unpaired) electrons. The third-order valence-electron chi connectivity index (χ3n) is 2.60. The Morgan fingerprint density at radius 1 is 1.31 bits per heavy atom. The maximum atomic E-state index is 11.2. The summed E-state index contributed by atoms with van der Waals surface area (Å²) in [5.41, 5.74) is 0. The zero-order valence-electron chi connectivity index (χ0n) is 8.36. The molecule has 0 aromatic rings. The van der Waals surface area contributed by atoms with E-state index in [0.717, 1.165) is 25.7 Å². The van der Waals surface area contributed by atoms with Crippen LogP contribution in [0.25, 0.3) is 0 Å². The van der Waals surface area contributed by atoms with E-state index < -0.39 is 10.0 Å². The van der Waals surface area contributed by atoms with Gasteiger partial charge in [-0.15, -0.1) is 0 Å². The Balaban J connectivity index is 2.49. The molecule has 1 fully saturated rings. The van der Waals surface area contributed by atoms with Crippen molar-refractivity contribution >= 4 is 10.0 Å². The van der Waals surface area contributed by atoms with Crippen LogP contribution in [0.2, 0.25) is 0 Å². The molecule has 1 aliphatic carbocycles. The summed E-state index contributed by atoms with van der Waals surface area (Å²) in [5, 5.41) is 4.91. The first-order chi connectivity index (χ1) is 5.91. The molecule has 1 aliphatic rings. The van der Waals surface area contributed by atoms with Crippen molar-refractivity contribution in [3.8, 4) is 0 Å². The van der Waals surface area contributed by atoms with Crippen LogP contribution in [0.1, 0.15) is 39.5 Å².